The highest BCUT2D eigenvalue weighted by molar-refractivity contribution is 7.89. The molecule has 11 heteroatoms. The number of hydrogen-bond acceptors (Lipinski definition) is 6. The van der Waals surface area contributed by atoms with Crippen LogP contribution in [0.5, 0.6) is 0 Å². The molecule has 3 rings (SSSR count). The number of rotatable bonds is 6. The first-order valence-corrected chi connectivity index (χ1v) is 11.2. The van der Waals surface area contributed by atoms with Gasteiger partial charge in [0.1, 0.15) is 0 Å². The number of benzene rings is 1. The van der Waals surface area contributed by atoms with Gasteiger partial charge in [-0.2, -0.15) is 4.31 Å². The van der Waals surface area contributed by atoms with E-state index in [-0.39, 0.29) is 33.2 Å². The molecule has 1 N–H and O–H groups in total. The minimum absolute atomic E-state index is 0.0285. The zero-order chi connectivity index (χ0) is 21.2. The number of piperidine rings is 1. The lowest BCUT2D eigenvalue weighted by atomic mass is 9.97. The number of amides is 1. The molecule has 0 aliphatic carbocycles. The second-order valence-electron chi connectivity index (χ2n) is 6.77. The summed E-state index contributed by atoms with van der Waals surface area (Å²) in [4.78, 5) is 25.9. The van der Waals surface area contributed by atoms with Crippen molar-refractivity contribution in [1.82, 2.24) is 19.4 Å². The third-order valence-electron chi connectivity index (χ3n) is 5.02. The fourth-order valence-corrected chi connectivity index (χ4v) is 5.17. The van der Waals surface area contributed by atoms with Crippen molar-refractivity contribution in [3.05, 3.63) is 45.2 Å². The van der Waals surface area contributed by atoms with E-state index in [9.17, 15) is 18.0 Å². The van der Waals surface area contributed by atoms with Crippen LogP contribution in [-0.4, -0.2) is 59.9 Å². The number of carbonyl (C=O) groups is 1. The van der Waals surface area contributed by atoms with Crippen LogP contribution >= 0.6 is 11.6 Å². The van der Waals surface area contributed by atoms with Crippen LogP contribution in [0.2, 0.25) is 5.02 Å². The lowest BCUT2D eigenvalue weighted by Gasteiger charge is -2.31. The SMILES string of the molecule is CCN(CC)S(=O)(=O)c1ccc(Cl)c(C(=O)N2CCC[C@H](c3n[nH]c(=O)o3)C2)c1. The summed E-state index contributed by atoms with van der Waals surface area (Å²) < 4.78 is 31.9. The molecule has 1 aromatic carbocycles. The standard InChI is InChI=1S/C18H23ClN4O5S/c1-3-23(4-2)29(26,27)13-7-8-15(19)14(10-13)17(24)22-9-5-6-12(11-22)16-20-21-18(25)28-16/h7-8,10,12H,3-6,9,11H2,1-2H3,(H,21,25)/t12-/m0/s1. The third kappa shape index (κ3) is 4.39. The number of hydrogen-bond donors (Lipinski definition) is 1. The summed E-state index contributed by atoms with van der Waals surface area (Å²) in [5.74, 6) is -0.959. The number of H-pyrrole nitrogens is 1. The molecule has 1 fully saturated rings. The number of aromatic nitrogens is 2. The fraction of sp³-hybridized carbons (Fsp3) is 0.500. The minimum Gasteiger partial charge on any atom is -0.392 e. The largest absolute Gasteiger partial charge is 0.434 e. The molecule has 2 aromatic rings. The van der Waals surface area contributed by atoms with E-state index in [0.29, 0.717) is 32.6 Å². The Balaban J connectivity index is 1.88. The van der Waals surface area contributed by atoms with Crippen LogP contribution in [0.1, 0.15) is 48.9 Å². The van der Waals surface area contributed by atoms with Gasteiger partial charge in [-0.25, -0.2) is 18.3 Å². The molecule has 9 nitrogen and oxygen atoms in total. The molecular formula is C18H23ClN4O5S. The summed E-state index contributed by atoms with van der Waals surface area (Å²) in [6.07, 6.45) is 1.42. The van der Waals surface area contributed by atoms with Crippen LogP contribution in [0, 0.1) is 0 Å². The second kappa shape index (κ2) is 8.68. The molecule has 2 heterocycles. The maximum Gasteiger partial charge on any atom is 0.434 e. The normalized spacial score (nSPS) is 17.7. The zero-order valence-corrected chi connectivity index (χ0v) is 17.8. The van der Waals surface area contributed by atoms with Gasteiger partial charge in [-0.15, -0.1) is 5.10 Å². The summed E-state index contributed by atoms with van der Waals surface area (Å²) in [6, 6.07) is 4.17. The Kier molecular flexibility index (Phi) is 6.45. The van der Waals surface area contributed by atoms with Gasteiger partial charge >= 0.3 is 5.76 Å². The summed E-state index contributed by atoms with van der Waals surface area (Å²) in [6.45, 7) is 4.96. The molecule has 0 bridgehead atoms. The summed E-state index contributed by atoms with van der Waals surface area (Å²) >= 11 is 6.23. The van der Waals surface area contributed by atoms with Gasteiger partial charge in [0.25, 0.3) is 5.91 Å². The molecule has 1 amide bonds. The lowest BCUT2D eigenvalue weighted by molar-refractivity contribution is 0.0697. The van der Waals surface area contributed by atoms with Crippen LogP contribution in [0.3, 0.4) is 0 Å². The van der Waals surface area contributed by atoms with Crippen molar-refractivity contribution in [3.8, 4) is 0 Å². The van der Waals surface area contributed by atoms with Crippen LogP contribution < -0.4 is 5.76 Å². The van der Waals surface area contributed by atoms with Gasteiger partial charge in [-0.1, -0.05) is 25.4 Å². The number of nitrogens with one attached hydrogen (secondary N) is 1. The predicted molar refractivity (Wildman–Crippen MR) is 107 cm³/mol. The summed E-state index contributed by atoms with van der Waals surface area (Å²) in [5.41, 5.74) is 0.129. The van der Waals surface area contributed by atoms with Gasteiger partial charge in [0.15, 0.2) is 0 Å². The number of halogens is 1. The average Bonchev–Trinajstić information content (AvgIpc) is 3.15. The van der Waals surface area contributed by atoms with Crippen molar-refractivity contribution < 1.29 is 17.6 Å². The topological polar surface area (TPSA) is 117 Å². The molecule has 0 radical (unpaired) electrons. The Bertz CT molecular complexity index is 1040. The van der Waals surface area contributed by atoms with Gasteiger partial charge in [0.05, 0.1) is 21.4 Å². The van der Waals surface area contributed by atoms with Gasteiger partial charge in [-0.3, -0.25) is 4.79 Å². The molecule has 1 atom stereocenters. The van der Waals surface area contributed by atoms with Crippen molar-refractivity contribution in [3.63, 3.8) is 0 Å². The smallest absolute Gasteiger partial charge is 0.392 e. The van der Waals surface area contributed by atoms with Gasteiger partial charge < -0.3 is 9.32 Å². The van der Waals surface area contributed by atoms with Crippen LogP contribution in [0.25, 0.3) is 0 Å². The van der Waals surface area contributed by atoms with E-state index >= 15 is 0 Å². The Morgan fingerprint density at radius 1 is 1.38 bits per heavy atom. The van der Waals surface area contributed by atoms with Crippen LogP contribution in [0.4, 0.5) is 0 Å². The van der Waals surface area contributed by atoms with E-state index in [1.807, 2.05) is 0 Å². The highest BCUT2D eigenvalue weighted by Crippen LogP contribution is 2.29. The molecule has 0 saturated carbocycles. The first-order chi connectivity index (χ1) is 13.8. The molecule has 29 heavy (non-hydrogen) atoms. The molecule has 0 spiro atoms. The molecule has 1 saturated heterocycles. The third-order valence-corrected chi connectivity index (χ3v) is 7.40. The number of nitrogens with zero attached hydrogens (tertiary/aromatic N) is 3. The Labute approximate surface area is 173 Å². The lowest BCUT2D eigenvalue weighted by Crippen LogP contribution is -2.39. The Morgan fingerprint density at radius 3 is 2.72 bits per heavy atom. The fourth-order valence-electron chi connectivity index (χ4n) is 3.49. The van der Waals surface area contributed by atoms with Crippen LogP contribution in [-0.2, 0) is 10.0 Å². The van der Waals surface area contributed by atoms with E-state index in [1.165, 1.54) is 22.5 Å². The molecule has 1 aliphatic heterocycles. The monoisotopic (exact) mass is 442 g/mol. The van der Waals surface area contributed by atoms with E-state index in [0.717, 1.165) is 6.42 Å². The van der Waals surface area contributed by atoms with Gasteiger partial charge in [0.2, 0.25) is 15.9 Å². The van der Waals surface area contributed by atoms with Gasteiger partial charge in [0, 0.05) is 26.2 Å². The van der Waals surface area contributed by atoms with Crippen molar-refractivity contribution in [2.75, 3.05) is 26.2 Å². The predicted octanol–water partition coefficient (Wildman–Crippen LogP) is 2.07. The highest BCUT2D eigenvalue weighted by Gasteiger charge is 2.30. The molecule has 1 aliphatic rings. The van der Waals surface area contributed by atoms with Crippen molar-refractivity contribution in [1.29, 1.82) is 0 Å². The number of likely N-dealkylation sites (tertiary alicyclic amines) is 1. The quantitative estimate of drug-likeness (QED) is 0.731. The minimum atomic E-state index is -3.72. The number of aromatic amines is 1. The van der Waals surface area contributed by atoms with E-state index in [1.54, 1.807) is 18.7 Å². The van der Waals surface area contributed by atoms with Crippen molar-refractivity contribution >= 4 is 27.5 Å². The van der Waals surface area contributed by atoms with E-state index in [4.69, 9.17) is 16.0 Å². The van der Waals surface area contributed by atoms with Crippen molar-refractivity contribution in [2.45, 2.75) is 37.5 Å². The molecule has 1 aromatic heterocycles. The van der Waals surface area contributed by atoms with Gasteiger partial charge in [-0.05, 0) is 31.0 Å². The molecular weight excluding hydrogens is 420 g/mol. The Hall–Kier alpha value is -2.17. The van der Waals surface area contributed by atoms with E-state index < -0.39 is 15.8 Å². The summed E-state index contributed by atoms with van der Waals surface area (Å²) in [5, 5.41) is 6.27. The second-order valence-corrected chi connectivity index (χ2v) is 9.12. The van der Waals surface area contributed by atoms with E-state index in [2.05, 4.69) is 10.2 Å². The maximum absolute atomic E-state index is 13.1. The number of sulfonamides is 1. The highest BCUT2D eigenvalue weighted by atomic mass is 35.5. The molecule has 0 unspecified atom stereocenters. The number of carbonyl (C=O) groups excluding carboxylic acids is 1. The summed E-state index contributed by atoms with van der Waals surface area (Å²) in [7, 11) is -3.72. The Morgan fingerprint density at radius 2 is 2.10 bits per heavy atom. The molecule has 158 valence electrons. The average molecular weight is 443 g/mol. The van der Waals surface area contributed by atoms with Crippen molar-refractivity contribution in [2.24, 2.45) is 0 Å². The first kappa shape index (κ1) is 21.5. The maximum atomic E-state index is 13.1. The zero-order valence-electron chi connectivity index (χ0n) is 16.2. The first-order valence-electron chi connectivity index (χ1n) is 9.42. The van der Waals surface area contributed by atoms with Crippen LogP contribution in [0.15, 0.2) is 32.3 Å².